The van der Waals surface area contributed by atoms with Crippen molar-refractivity contribution in [1.29, 1.82) is 0 Å². The number of amidine groups is 1. The van der Waals surface area contributed by atoms with Crippen molar-refractivity contribution in [3.8, 4) is 0 Å². The SMILES string of the molecule is CCCCC(C)NC(C)C(N)=NO. The fourth-order valence-electron chi connectivity index (χ4n) is 1.19. The molecule has 0 amide bonds. The summed E-state index contributed by atoms with van der Waals surface area (Å²) in [5.74, 6) is 0.239. The Hall–Kier alpha value is -0.770. The Balaban J connectivity index is 3.71. The van der Waals surface area contributed by atoms with E-state index in [1.54, 1.807) is 0 Å². The zero-order chi connectivity index (χ0) is 10.3. The summed E-state index contributed by atoms with van der Waals surface area (Å²) in [6, 6.07) is 0.354. The number of nitrogens with zero attached hydrogens (tertiary/aromatic N) is 1. The molecule has 13 heavy (non-hydrogen) atoms. The van der Waals surface area contributed by atoms with Crippen LogP contribution in [0.2, 0.25) is 0 Å². The molecule has 2 atom stereocenters. The van der Waals surface area contributed by atoms with E-state index >= 15 is 0 Å². The van der Waals surface area contributed by atoms with E-state index in [0.717, 1.165) is 6.42 Å². The molecule has 2 unspecified atom stereocenters. The molecule has 4 N–H and O–H groups in total. The molecule has 0 aromatic carbocycles. The van der Waals surface area contributed by atoms with E-state index in [1.807, 2.05) is 6.92 Å². The molecule has 4 heteroatoms. The standard InChI is InChI=1S/C9H21N3O/c1-4-5-6-7(2)11-8(3)9(10)12-13/h7-8,11,13H,4-6H2,1-3H3,(H2,10,12). The van der Waals surface area contributed by atoms with Crippen LogP contribution in [0.25, 0.3) is 0 Å². The Kier molecular flexibility index (Phi) is 6.32. The molecule has 0 fully saturated rings. The van der Waals surface area contributed by atoms with Gasteiger partial charge in [0.1, 0.15) is 0 Å². The van der Waals surface area contributed by atoms with Crippen LogP contribution in [-0.4, -0.2) is 23.1 Å². The molecule has 0 spiro atoms. The van der Waals surface area contributed by atoms with Gasteiger partial charge in [-0.25, -0.2) is 0 Å². The number of oxime groups is 1. The summed E-state index contributed by atoms with van der Waals surface area (Å²) in [5, 5.41) is 14.6. The van der Waals surface area contributed by atoms with E-state index in [4.69, 9.17) is 10.9 Å². The summed E-state index contributed by atoms with van der Waals surface area (Å²) in [7, 11) is 0. The first-order valence-corrected chi connectivity index (χ1v) is 4.85. The topological polar surface area (TPSA) is 70.6 Å². The molecule has 0 saturated heterocycles. The molecule has 4 nitrogen and oxygen atoms in total. The second-order valence-corrected chi connectivity index (χ2v) is 3.46. The molecular weight excluding hydrogens is 166 g/mol. The van der Waals surface area contributed by atoms with E-state index in [9.17, 15) is 0 Å². The normalized spacial score (nSPS) is 17.0. The van der Waals surface area contributed by atoms with E-state index in [-0.39, 0.29) is 11.9 Å². The molecular formula is C9H21N3O. The molecule has 0 aliphatic rings. The van der Waals surface area contributed by atoms with Crippen molar-refractivity contribution in [2.75, 3.05) is 0 Å². The Bertz CT molecular complexity index is 159. The molecule has 0 aliphatic heterocycles. The number of nitrogens with one attached hydrogen (secondary N) is 1. The summed E-state index contributed by atoms with van der Waals surface area (Å²) in [6.07, 6.45) is 3.53. The van der Waals surface area contributed by atoms with Crippen molar-refractivity contribution < 1.29 is 5.21 Å². The van der Waals surface area contributed by atoms with Crippen LogP contribution in [0.4, 0.5) is 0 Å². The zero-order valence-electron chi connectivity index (χ0n) is 8.75. The zero-order valence-corrected chi connectivity index (χ0v) is 8.75. The van der Waals surface area contributed by atoms with E-state index in [2.05, 4.69) is 24.3 Å². The van der Waals surface area contributed by atoms with Gasteiger partial charge in [0, 0.05) is 6.04 Å². The Morgan fingerprint density at radius 1 is 1.54 bits per heavy atom. The maximum Gasteiger partial charge on any atom is 0.156 e. The monoisotopic (exact) mass is 187 g/mol. The lowest BCUT2D eigenvalue weighted by molar-refractivity contribution is 0.314. The lowest BCUT2D eigenvalue weighted by atomic mass is 10.1. The Labute approximate surface area is 80.2 Å². The average Bonchev–Trinajstić information content (AvgIpc) is 2.13. The Morgan fingerprint density at radius 2 is 2.15 bits per heavy atom. The van der Waals surface area contributed by atoms with Crippen LogP contribution >= 0.6 is 0 Å². The molecule has 0 rings (SSSR count). The summed E-state index contributed by atoms with van der Waals surface area (Å²) < 4.78 is 0. The number of nitrogens with two attached hydrogens (primary N) is 1. The molecule has 0 aromatic rings. The van der Waals surface area contributed by atoms with Crippen LogP contribution < -0.4 is 11.1 Å². The van der Waals surface area contributed by atoms with Crippen LogP contribution in [0.5, 0.6) is 0 Å². The van der Waals surface area contributed by atoms with Crippen molar-refractivity contribution in [2.45, 2.75) is 52.1 Å². The van der Waals surface area contributed by atoms with Crippen LogP contribution in [0.3, 0.4) is 0 Å². The Morgan fingerprint density at radius 3 is 2.62 bits per heavy atom. The van der Waals surface area contributed by atoms with Gasteiger partial charge in [0.25, 0.3) is 0 Å². The van der Waals surface area contributed by atoms with Crippen molar-refractivity contribution >= 4 is 5.84 Å². The van der Waals surface area contributed by atoms with Crippen LogP contribution in [0.1, 0.15) is 40.0 Å². The van der Waals surface area contributed by atoms with Gasteiger partial charge in [-0.15, -0.1) is 0 Å². The van der Waals surface area contributed by atoms with Gasteiger partial charge in [0.2, 0.25) is 0 Å². The summed E-state index contributed by atoms with van der Waals surface area (Å²) in [4.78, 5) is 0. The number of rotatable bonds is 6. The maximum absolute atomic E-state index is 8.42. The highest BCUT2D eigenvalue weighted by Crippen LogP contribution is 2.00. The predicted molar refractivity (Wildman–Crippen MR) is 55.0 cm³/mol. The lowest BCUT2D eigenvalue weighted by Gasteiger charge is -2.18. The highest BCUT2D eigenvalue weighted by Gasteiger charge is 2.10. The molecule has 0 saturated carbocycles. The van der Waals surface area contributed by atoms with Crippen LogP contribution in [0, 0.1) is 0 Å². The van der Waals surface area contributed by atoms with Gasteiger partial charge < -0.3 is 16.3 Å². The minimum absolute atomic E-state index is 0.0585. The highest BCUT2D eigenvalue weighted by atomic mass is 16.4. The van der Waals surface area contributed by atoms with Crippen LogP contribution in [-0.2, 0) is 0 Å². The first kappa shape index (κ1) is 12.2. The second kappa shape index (κ2) is 6.71. The molecule has 0 heterocycles. The molecule has 0 bridgehead atoms. The van der Waals surface area contributed by atoms with E-state index in [0.29, 0.717) is 6.04 Å². The van der Waals surface area contributed by atoms with Gasteiger partial charge >= 0.3 is 0 Å². The van der Waals surface area contributed by atoms with Crippen molar-refractivity contribution in [2.24, 2.45) is 10.9 Å². The smallest absolute Gasteiger partial charge is 0.156 e. The summed E-state index contributed by atoms with van der Waals surface area (Å²) in [5.41, 5.74) is 5.43. The predicted octanol–water partition coefficient (Wildman–Crippen LogP) is 1.29. The van der Waals surface area contributed by atoms with Gasteiger partial charge in [-0.1, -0.05) is 24.9 Å². The minimum Gasteiger partial charge on any atom is -0.409 e. The number of unbranched alkanes of at least 4 members (excludes halogenated alkanes) is 1. The first-order valence-electron chi connectivity index (χ1n) is 4.85. The van der Waals surface area contributed by atoms with E-state index < -0.39 is 0 Å². The minimum atomic E-state index is -0.0585. The van der Waals surface area contributed by atoms with Gasteiger partial charge in [-0.2, -0.15) is 0 Å². The van der Waals surface area contributed by atoms with Crippen molar-refractivity contribution in [1.82, 2.24) is 5.32 Å². The quantitative estimate of drug-likeness (QED) is 0.254. The van der Waals surface area contributed by atoms with Crippen molar-refractivity contribution in [3.05, 3.63) is 0 Å². The van der Waals surface area contributed by atoms with Gasteiger partial charge in [0.05, 0.1) is 6.04 Å². The van der Waals surface area contributed by atoms with Crippen molar-refractivity contribution in [3.63, 3.8) is 0 Å². The third-order valence-corrected chi connectivity index (χ3v) is 2.08. The lowest BCUT2D eigenvalue weighted by Crippen LogP contribution is -2.43. The summed E-state index contributed by atoms with van der Waals surface area (Å²) in [6.45, 7) is 6.16. The van der Waals surface area contributed by atoms with Gasteiger partial charge in [-0.05, 0) is 20.3 Å². The van der Waals surface area contributed by atoms with E-state index in [1.165, 1.54) is 12.8 Å². The number of hydrogen-bond donors (Lipinski definition) is 3. The highest BCUT2D eigenvalue weighted by molar-refractivity contribution is 5.84. The fourth-order valence-corrected chi connectivity index (χ4v) is 1.19. The van der Waals surface area contributed by atoms with Crippen LogP contribution in [0.15, 0.2) is 5.16 Å². The van der Waals surface area contributed by atoms with Gasteiger partial charge in [0.15, 0.2) is 5.84 Å². The average molecular weight is 187 g/mol. The molecule has 0 radical (unpaired) electrons. The molecule has 78 valence electrons. The third kappa shape index (κ3) is 5.47. The third-order valence-electron chi connectivity index (χ3n) is 2.08. The largest absolute Gasteiger partial charge is 0.409 e. The number of hydrogen-bond acceptors (Lipinski definition) is 3. The molecule has 0 aromatic heterocycles. The molecule has 0 aliphatic carbocycles. The maximum atomic E-state index is 8.42. The fraction of sp³-hybridized carbons (Fsp3) is 0.889. The second-order valence-electron chi connectivity index (χ2n) is 3.46. The first-order chi connectivity index (χ1) is 6.11. The van der Waals surface area contributed by atoms with Gasteiger partial charge in [-0.3, -0.25) is 0 Å². The summed E-state index contributed by atoms with van der Waals surface area (Å²) >= 11 is 0.